The molecule has 1 atom stereocenters. The molecule has 2 N–H and O–H groups in total. The molecule has 0 bridgehead atoms. The van der Waals surface area contributed by atoms with Crippen LogP contribution in [-0.2, 0) is 11.3 Å². The smallest absolute Gasteiger partial charge is 0.0750 e. The van der Waals surface area contributed by atoms with Crippen LogP contribution in [0.25, 0.3) is 0 Å². The van der Waals surface area contributed by atoms with Crippen LogP contribution in [0.1, 0.15) is 30.9 Å². The number of aryl methyl sites for hydroxylation is 1. The number of para-hydroxylation sites is 1. The molecule has 100 valence electrons. The molecule has 1 aliphatic rings. The van der Waals surface area contributed by atoms with Gasteiger partial charge in [0.25, 0.3) is 0 Å². The molecule has 1 heterocycles. The van der Waals surface area contributed by atoms with Crippen LogP contribution in [-0.4, -0.2) is 25.8 Å². The summed E-state index contributed by atoms with van der Waals surface area (Å²) in [6, 6.07) is 6.39. The third-order valence-electron chi connectivity index (χ3n) is 3.64. The fourth-order valence-electron chi connectivity index (χ4n) is 2.85. The third-order valence-corrected chi connectivity index (χ3v) is 3.64. The Kier molecular flexibility index (Phi) is 4.61. The fourth-order valence-corrected chi connectivity index (χ4v) is 2.85. The summed E-state index contributed by atoms with van der Waals surface area (Å²) in [5, 5.41) is 0. The average molecular weight is 248 g/mol. The second kappa shape index (κ2) is 6.21. The Bertz CT molecular complexity index is 390. The monoisotopic (exact) mass is 248 g/mol. The number of nitrogens with two attached hydrogens (primary N) is 1. The Morgan fingerprint density at radius 1 is 1.44 bits per heavy atom. The zero-order chi connectivity index (χ0) is 13.0. The van der Waals surface area contributed by atoms with Crippen LogP contribution in [0.15, 0.2) is 18.2 Å². The lowest BCUT2D eigenvalue weighted by Gasteiger charge is -2.36. The lowest BCUT2D eigenvalue weighted by atomic mass is 10.0. The summed E-state index contributed by atoms with van der Waals surface area (Å²) in [4.78, 5) is 2.45. The van der Waals surface area contributed by atoms with Gasteiger partial charge in [-0.15, -0.1) is 0 Å². The molecule has 0 aliphatic carbocycles. The molecule has 1 aromatic carbocycles. The normalized spacial score (nSPS) is 20.2. The van der Waals surface area contributed by atoms with Crippen LogP contribution in [0.2, 0.25) is 0 Å². The lowest BCUT2D eigenvalue weighted by molar-refractivity contribution is 0.0526. The molecular weight excluding hydrogens is 224 g/mol. The van der Waals surface area contributed by atoms with Gasteiger partial charge in [0, 0.05) is 31.9 Å². The van der Waals surface area contributed by atoms with Crippen molar-refractivity contribution in [3.8, 4) is 0 Å². The molecule has 3 heteroatoms. The Morgan fingerprint density at radius 3 is 3.00 bits per heavy atom. The summed E-state index contributed by atoms with van der Waals surface area (Å²) < 4.78 is 5.77. The van der Waals surface area contributed by atoms with Gasteiger partial charge >= 0.3 is 0 Å². The Balaban J connectivity index is 2.20. The highest BCUT2D eigenvalue weighted by Gasteiger charge is 2.22. The number of hydrogen-bond acceptors (Lipinski definition) is 3. The van der Waals surface area contributed by atoms with Gasteiger partial charge in [0.1, 0.15) is 0 Å². The number of hydrogen-bond donors (Lipinski definition) is 1. The highest BCUT2D eigenvalue weighted by Crippen LogP contribution is 2.28. The maximum atomic E-state index is 5.86. The van der Waals surface area contributed by atoms with Crippen molar-refractivity contribution >= 4 is 5.69 Å². The van der Waals surface area contributed by atoms with Gasteiger partial charge in [-0.05, 0) is 37.8 Å². The van der Waals surface area contributed by atoms with Crippen molar-refractivity contribution < 1.29 is 4.74 Å². The zero-order valence-electron chi connectivity index (χ0n) is 11.5. The summed E-state index contributed by atoms with van der Waals surface area (Å²) in [6.45, 7) is 7.74. The number of rotatable bonds is 4. The van der Waals surface area contributed by atoms with E-state index in [-0.39, 0.29) is 0 Å². The highest BCUT2D eigenvalue weighted by molar-refractivity contribution is 5.59. The van der Waals surface area contributed by atoms with Crippen molar-refractivity contribution in [1.29, 1.82) is 0 Å². The summed E-state index contributed by atoms with van der Waals surface area (Å²) in [7, 11) is 0. The van der Waals surface area contributed by atoms with Crippen molar-refractivity contribution in [3.63, 3.8) is 0 Å². The zero-order valence-corrected chi connectivity index (χ0v) is 11.5. The molecule has 1 aromatic rings. The summed E-state index contributed by atoms with van der Waals surface area (Å²) in [5.74, 6) is 0. The first-order valence-electron chi connectivity index (χ1n) is 6.91. The fraction of sp³-hybridized carbons (Fsp3) is 0.600. The van der Waals surface area contributed by atoms with E-state index >= 15 is 0 Å². The second-order valence-electron chi connectivity index (χ2n) is 4.95. The topological polar surface area (TPSA) is 38.5 Å². The van der Waals surface area contributed by atoms with Crippen molar-refractivity contribution in [1.82, 2.24) is 0 Å². The predicted octanol–water partition coefficient (Wildman–Crippen LogP) is 2.46. The minimum Gasteiger partial charge on any atom is -0.377 e. The van der Waals surface area contributed by atoms with Crippen molar-refractivity contribution in [2.75, 3.05) is 24.6 Å². The van der Waals surface area contributed by atoms with E-state index in [1.54, 1.807) is 0 Å². The van der Waals surface area contributed by atoms with Crippen LogP contribution >= 0.6 is 0 Å². The Hall–Kier alpha value is -1.06. The molecule has 0 saturated carbocycles. The van der Waals surface area contributed by atoms with Crippen molar-refractivity contribution in [2.24, 2.45) is 5.73 Å². The molecule has 1 fully saturated rings. The summed E-state index contributed by atoms with van der Waals surface area (Å²) in [6.07, 6.45) is 2.74. The molecule has 1 unspecified atom stereocenters. The number of nitrogens with zero attached hydrogens (tertiary/aromatic N) is 1. The molecule has 3 nitrogen and oxygen atoms in total. The van der Waals surface area contributed by atoms with E-state index in [0.29, 0.717) is 12.6 Å². The van der Waals surface area contributed by atoms with Crippen LogP contribution in [0, 0.1) is 6.92 Å². The highest BCUT2D eigenvalue weighted by atomic mass is 16.5. The van der Waals surface area contributed by atoms with Gasteiger partial charge in [0.15, 0.2) is 0 Å². The molecule has 0 radical (unpaired) electrons. The first-order chi connectivity index (χ1) is 8.76. The van der Waals surface area contributed by atoms with E-state index in [2.05, 4.69) is 36.9 Å². The van der Waals surface area contributed by atoms with Gasteiger partial charge in [-0.1, -0.05) is 18.2 Å². The van der Waals surface area contributed by atoms with Crippen LogP contribution in [0.4, 0.5) is 5.69 Å². The molecule has 1 aliphatic heterocycles. The van der Waals surface area contributed by atoms with E-state index in [1.165, 1.54) is 29.7 Å². The van der Waals surface area contributed by atoms with E-state index in [4.69, 9.17) is 10.5 Å². The first-order valence-corrected chi connectivity index (χ1v) is 6.91. The van der Waals surface area contributed by atoms with Gasteiger partial charge in [0.2, 0.25) is 0 Å². The standard InChI is InChI=1S/C15H24N2O/c1-3-18-14-8-5-9-17(11-14)15-12(2)6-4-7-13(15)10-16/h4,6-7,14H,3,5,8-11,16H2,1-2H3. The summed E-state index contributed by atoms with van der Waals surface area (Å²) >= 11 is 0. The van der Waals surface area contributed by atoms with Crippen LogP contribution in [0.3, 0.4) is 0 Å². The van der Waals surface area contributed by atoms with E-state index in [1.807, 2.05) is 0 Å². The average Bonchev–Trinajstić information content (AvgIpc) is 2.39. The van der Waals surface area contributed by atoms with E-state index < -0.39 is 0 Å². The molecule has 2 rings (SSSR count). The summed E-state index contributed by atoms with van der Waals surface area (Å²) in [5.41, 5.74) is 9.74. The molecule has 18 heavy (non-hydrogen) atoms. The number of piperidine rings is 1. The van der Waals surface area contributed by atoms with Gasteiger partial charge in [-0.25, -0.2) is 0 Å². The van der Waals surface area contributed by atoms with Crippen molar-refractivity contribution in [2.45, 2.75) is 39.3 Å². The number of ether oxygens (including phenoxy) is 1. The minimum absolute atomic E-state index is 0.369. The quantitative estimate of drug-likeness (QED) is 0.889. The maximum absolute atomic E-state index is 5.86. The van der Waals surface area contributed by atoms with Crippen LogP contribution in [0.5, 0.6) is 0 Å². The number of anilines is 1. The predicted molar refractivity (Wildman–Crippen MR) is 75.9 cm³/mol. The Labute approximate surface area is 110 Å². The minimum atomic E-state index is 0.369. The van der Waals surface area contributed by atoms with E-state index in [9.17, 15) is 0 Å². The molecule has 0 amide bonds. The van der Waals surface area contributed by atoms with Gasteiger partial charge < -0.3 is 15.4 Å². The molecule has 1 saturated heterocycles. The molecular formula is C15H24N2O. The van der Waals surface area contributed by atoms with Crippen LogP contribution < -0.4 is 10.6 Å². The third kappa shape index (κ3) is 2.85. The maximum Gasteiger partial charge on any atom is 0.0750 e. The second-order valence-corrected chi connectivity index (χ2v) is 4.95. The first kappa shape index (κ1) is 13.4. The van der Waals surface area contributed by atoms with Gasteiger partial charge in [0.05, 0.1) is 6.10 Å². The molecule has 0 spiro atoms. The van der Waals surface area contributed by atoms with Gasteiger partial charge in [-0.2, -0.15) is 0 Å². The van der Waals surface area contributed by atoms with Gasteiger partial charge in [-0.3, -0.25) is 0 Å². The largest absolute Gasteiger partial charge is 0.377 e. The molecule has 0 aromatic heterocycles. The SMILES string of the molecule is CCOC1CCCN(c2c(C)cccc2CN)C1. The Morgan fingerprint density at radius 2 is 2.28 bits per heavy atom. The van der Waals surface area contributed by atoms with E-state index in [0.717, 1.165) is 19.7 Å². The number of benzene rings is 1. The lowest BCUT2D eigenvalue weighted by Crippen LogP contribution is -2.40. The van der Waals surface area contributed by atoms with Crippen molar-refractivity contribution in [3.05, 3.63) is 29.3 Å².